The molecular formula is C8H17NO3. The Balaban J connectivity index is 3.77. The Morgan fingerprint density at radius 3 is 2.50 bits per heavy atom. The maximum absolute atomic E-state index is 10.9. The van der Waals surface area contributed by atoms with Crippen molar-refractivity contribution in [2.75, 3.05) is 13.2 Å². The highest BCUT2D eigenvalue weighted by Crippen LogP contribution is 2.00. The number of nitrogens with one attached hydrogen (secondary N) is 1. The van der Waals surface area contributed by atoms with Crippen LogP contribution >= 0.6 is 0 Å². The van der Waals surface area contributed by atoms with Crippen LogP contribution in [0.5, 0.6) is 0 Å². The lowest BCUT2D eigenvalue weighted by Gasteiger charge is -2.18. The van der Waals surface area contributed by atoms with Gasteiger partial charge in [0.1, 0.15) is 0 Å². The lowest BCUT2D eigenvalue weighted by molar-refractivity contribution is 0.134. The third-order valence-electron chi connectivity index (χ3n) is 1.58. The molecule has 0 rings (SSSR count). The second-order valence-corrected chi connectivity index (χ2v) is 2.90. The molecule has 2 N–H and O–H groups in total. The molecule has 0 bridgehead atoms. The maximum Gasteiger partial charge on any atom is 0.407 e. The molecule has 0 radical (unpaired) electrons. The fourth-order valence-corrected chi connectivity index (χ4v) is 0.747. The third kappa shape index (κ3) is 4.18. The minimum Gasteiger partial charge on any atom is -0.450 e. The quantitative estimate of drug-likeness (QED) is 0.662. The fraction of sp³-hybridized carbons (Fsp3) is 0.875. The molecule has 72 valence electrons. The second kappa shape index (κ2) is 5.83. The summed E-state index contributed by atoms with van der Waals surface area (Å²) in [5.41, 5.74) is 0. The van der Waals surface area contributed by atoms with Crippen LogP contribution in [-0.4, -0.2) is 30.5 Å². The molecular weight excluding hydrogens is 158 g/mol. The van der Waals surface area contributed by atoms with Crippen LogP contribution < -0.4 is 5.32 Å². The van der Waals surface area contributed by atoms with E-state index in [4.69, 9.17) is 5.11 Å². The summed E-state index contributed by atoms with van der Waals surface area (Å²) in [6.07, 6.45) is -0.467. The number of carbonyl (C=O) groups excluding carboxylic acids is 1. The summed E-state index contributed by atoms with van der Waals surface area (Å²) in [4.78, 5) is 10.9. The Morgan fingerprint density at radius 2 is 2.17 bits per heavy atom. The first-order valence-electron chi connectivity index (χ1n) is 4.16. The van der Waals surface area contributed by atoms with Crippen LogP contribution in [0.25, 0.3) is 0 Å². The summed E-state index contributed by atoms with van der Waals surface area (Å²) in [7, 11) is 0. The Bertz CT molecular complexity index is 136. The average molecular weight is 175 g/mol. The van der Waals surface area contributed by atoms with Crippen LogP contribution in [0, 0.1) is 5.92 Å². The zero-order chi connectivity index (χ0) is 9.56. The molecule has 0 heterocycles. The zero-order valence-corrected chi connectivity index (χ0v) is 7.83. The standard InChI is InChI=1S/C8H17NO3/c1-4-12-8(11)9-7(5-10)6(2)3/h6-7,10H,4-5H2,1-3H3,(H,9,11)/t7-/m1/s1. The summed E-state index contributed by atoms with van der Waals surface area (Å²) < 4.78 is 4.66. The van der Waals surface area contributed by atoms with Gasteiger partial charge in [-0.15, -0.1) is 0 Å². The van der Waals surface area contributed by atoms with E-state index >= 15 is 0 Å². The SMILES string of the molecule is CCOC(=O)N[C@H](CO)C(C)C. The van der Waals surface area contributed by atoms with E-state index < -0.39 is 6.09 Å². The molecule has 0 saturated carbocycles. The Morgan fingerprint density at radius 1 is 1.58 bits per heavy atom. The molecule has 0 fully saturated rings. The highest BCUT2D eigenvalue weighted by Gasteiger charge is 2.14. The number of ether oxygens (including phenoxy) is 1. The topological polar surface area (TPSA) is 58.6 Å². The van der Waals surface area contributed by atoms with Crippen molar-refractivity contribution >= 4 is 6.09 Å². The number of aliphatic hydroxyl groups is 1. The van der Waals surface area contributed by atoms with E-state index in [0.717, 1.165) is 0 Å². The van der Waals surface area contributed by atoms with Gasteiger partial charge in [-0.2, -0.15) is 0 Å². The van der Waals surface area contributed by atoms with Gasteiger partial charge in [-0.25, -0.2) is 4.79 Å². The van der Waals surface area contributed by atoms with Crippen LogP contribution in [0.3, 0.4) is 0 Å². The summed E-state index contributed by atoms with van der Waals surface area (Å²) in [6.45, 7) is 5.88. The number of rotatable bonds is 4. The van der Waals surface area contributed by atoms with Crippen LogP contribution in [0.4, 0.5) is 4.79 Å². The van der Waals surface area contributed by atoms with E-state index in [1.807, 2.05) is 13.8 Å². The van der Waals surface area contributed by atoms with Crippen LogP contribution in [0.2, 0.25) is 0 Å². The van der Waals surface area contributed by atoms with Crippen LogP contribution in [-0.2, 0) is 4.74 Å². The van der Waals surface area contributed by atoms with Crippen molar-refractivity contribution in [1.29, 1.82) is 0 Å². The van der Waals surface area contributed by atoms with Crippen molar-refractivity contribution in [3.8, 4) is 0 Å². The van der Waals surface area contributed by atoms with Crippen LogP contribution in [0.1, 0.15) is 20.8 Å². The fourth-order valence-electron chi connectivity index (χ4n) is 0.747. The van der Waals surface area contributed by atoms with Gasteiger partial charge in [0.05, 0.1) is 19.3 Å². The molecule has 4 heteroatoms. The van der Waals surface area contributed by atoms with Crippen molar-refractivity contribution in [3.05, 3.63) is 0 Å². The number of alkyl carbamates (subject to hydrolysis) is 1. The van der Waals surface area contributed by atoms with Gasteiger partial charge in [-0.1, -0.05) is 13.8 Å². The largest absolute Gasteiger partial charge is 0.450 e. The third-order valence-corrected chi connectivity index (χ3v) is 1.58. The molecule has 0 unspecified atom stereocenters. The van der Waals surface area contributed by atoms with Gasteiger partial charge >= 0.3 is 6.09 Å². The molecule has 0 aromatic carbocycles. The first kappa shape index (κ1) is 11.2. The van der Waals surface area contributed by atoms with Gasteiger partial charge in [-0.3, -0.25) is 0 Å². The maximum atomic E-state index is 10.9. The van der Waals surface area contributed by atoms with Crippen molar-refractivity contribution in [2.45, 2.75) is 26.8 Å². The van der Waals surface area contributed by atoms with Crippen molar-refractivity contribution in [1.82, 2.24) is 5.32 Å². The minimum atomic E-state index is -0.467. The second-order valence-electron chi connectivity index (χ2n) is 2.90. The van der Waals surface area contributed by atoms with Gasteiger partial charge in [0, 0.05) is 0 Å². The monoisotopic (exact) mass is 175 g/mol. The number of carbonyl (C=O) groups is 1. The number of amides is 1. The molecule has 0 aliphatic carbocycles. The molecule has 0 spiro atoms. The first-order valence-corrected chi connectivity index (χ1v) is 4.16. The summed E-state index contributed by atoms with van der Waals surface area (Å²) >= 11 is 0. The van der Waals surface area contributed by atoms with Crippen LogP contribution in [0.15, 0.2) is 0 Å². The average Bonchev–Trinajstić information content (AvgIpc) is 2.00. The van der Waals surface area contributed by atoms with Crippen molar-refractivity contribution in [2.24, 2.45) is 5.92 Å². The van der Waals surface area contributed by atoms with Gasteiger partial charge in [0.15, 0.2) is 0 Å². The number of hydrogen-bond donors (Lipinski definition) is 2. The normalized spacial score (nSPS) is 12.8. The Labute approximate surface area is 72.9 Å². The van der Waals surface area contributed by atoms with E-state index in [1.165, 1.54) is 0 Å². The number of aliphatic hydroxyl groups excluding tert-OH is 1. The highest BCUT2D eigenvalue weighted by atomic mass is 16.5. The molecule has 12 heavy (non-hydrogen) atoms. The summed E-state index contributed by atoms with van der Waals surface area (Å²) in [5.74, 6) is 0.208. The van der Waals surface area contributed by atoms with Gasteiger partial charge in [0.25, 0.3) is 0 Å². The summed E-state index contributed by atoms with van der Waals surface area (Å²) in [5, 5.41) is 11.4. The van der Waals surface area contributed by atoms with E-state index in [-0.39, 0.29) is 18.6 Å². The van der Waals surface area contributed by atoms with Crippen molar-refractivity contribution in [3.63, 3.8) is 0 Å². The smallest absolute Gasteiger partial charge is 0.407 e. The Kier molecular flexibility index (Phi) is 5.45. The highest BCUT2D eigenvalue weighted by molar-refractivity contribution is 5.67. The minimum absolute atomic E-state index is 0.0590. The molecule has 0 aromatic rings. The predicted molar refractivity (Wildman–Crippen MR) is 45.9 cm³/mol. The molecule has 0 aromatic heterocycles. The van der Waals surface area contributed by atoms with E-state index in [2.05, 4.69) is 10.1 Å². The van der Waals surface area contributed by atoms with Crippen molar-refractivity contribution < 1.29 is 14.6 Å². The van der Waals surface area contributed by atoms with E-state index in [9.17, 15) is 4.79 Å². The molecule has 0 aliphatic rings. The number of hydrogen-bond acceptors (Lipinski definition) is 3. The van der Waals surface area contributed by atoms with Gasteiger partial charge in [-0.05, 0) is 12.8 Å². The summed E-state index contributed by atoms with van der Waals surface area (Å²) in [6, 6.07) is -0.218. The van der Waals surface area contributed by atoms with Gasteiger partial charge in [0.2, 0.25) is 0 Å². The van der Waals surface area contributed by atoms with E-state index in [0.29, 0.717) is 6.61 Å². The van der Waals surface area contributed by atoms with Gasteiger partial charge < -0.3 is 15.2 Å². The molecule has 1 amide bonds. The molecule has 0 aliphatic heterocycles. The zero-order valence-electron chi connectivity index (χ0n) is 7.83. The lowest BCUT2D eigenvalue weighted by atomic mass is 10.1. The molecule has 4 nitrogen and oxygen atoms in total. The lowest BCUT2D eigenvalue weighted by Crippen LogP contribution is -2.41. The molecule has 1 atom stereocenters. The predicted octanol–water partition coefficient (Wildman–Crippen LogP) is 0.749. The molecule has 0 saturated heterocycles. The van der Waals surface area contributed by atoms with E-state index in [1.54, 1.807) is 6.92 Å². The first-order chi connectivity index (χ1) is 5.61. The Hall–Kier alpha value is -0.770.